The van der Waals surface area contributed by atoms with E-state index in [0.717, 1.165) is 51.5 Å². The molecule has 2 saturated heterocycles. The van der Waals surface area contributed by atoms with Crippen LogP contribution >= 0.6 is 0 Å². The molecule has 0 radical (unpaired) electrons. The standard InChI is InChI=1S/C24H36N4O2.C6H8O7/c1-19(2)25-24(29)18-28-16-20(22-8-3-4-9-23(22)28)15-27-10-6-5-7-21(27)17-26-11-13-30-14-12-26;7-3(8)1-6(13,5(11)12)2-4(9)10/h3-4,8-9,16,19,21H,5-7,10-15,17-18H2,1-2H3,(H,25,29);13H,1-2H2,(H,7,8)(H,9,10)(H,11,12). The lowest BCUT2D eigenvalue weighted by Gasteiger charge is -2.39. The maximum Gasteiger partial charge on any atom is 0.336 e. The van der Waals surface area contributed by atoms with Crippen molar-refractivity contribution in [3.05, 3.63) is 36.0 Å². The lowest BCUT2D eigenvalue weighted by atomic mass is 9.96. The van der Waals surface area contributed by atoms with Gasteiger partial charge in [0, 0.05) is 55.4 Å². The molecule has 3 heterocycles. The number of nitrogens with zero attached hydrogens (tertiary/aromatic N) is 3. The summed E-state index contributed by atoms with van der Waals surface area (Å²) in [5.41, 5.74) is -0.262. The van der Waals surface area contributed by atoms with E-state index in [1.54, 1.807) is 0 Å². The van der Waals surface area contributed by atoms with Crippen LogP contribution in [0.1, 0.15) is 51.5 Å². The number of morpholine rings is 1. The van der Waals surface area contributed by atoms with Crippen molar-refractivity contribution in [2.75, 3.05) is 39.4 Å². The van der Waals surface area contributed by atoms with E-state index in [4.69, 9.17) is 25.2 Å². The zero-order valence-electron chi connectivity index (χ0n) is 24.9. The average Bonchev–Trinajstić information content (AvgIpc) is 3.26. The lowest BCUT2D eigenvalue weighted by molar-refractivity contribution is -0.170. The minimum Gasteiger partial charge on any atom is -0.481 e. The van der Waals surface area contributed by atoms with Crippen LogP contribution in [0.15, 0.2) is 30.5 Å². The van der Waals surface area contributed by atoms with Gasteiger partial charge in [-0.15, -0.1) is 0 Å². The first-order valence-corrected chi connectivity index (χ1v) is 14.7. The van der Waals surface area contributed by atoms with Crippen LogP contribution in [0.5, 0.6) is 0 Å². The molecule has 13 nitrogen and oxygen atoms in total. The third-order valence-electron chi connectivity index (χ3n) is 7.62. The number of aliphatic carboxylic acids is 3. The fraction of sp³-hybridized carbons (Fsp3) is 0.600. The molecule has 5 N–H and O–H groups in total. The third-order valence-corrected chi connectivity index (χ3v) is 7.62. The van der Waals surface area contributed by atoms with Crippen LogP contribution in [-0.4, -0.2) is 116 Å². The number of hydrogen-bond acceptors (Lipinski definition) is 8. The summed E-state index contributed by atoms with van der Waals surface area (Å²) in [5.74, 6) is -4.95. The molecule has 2 fully saturated rings. The van der Waals surface area contributed by atoms with E-state index in [1.165, 1.54) is 30.2 Å². The topological polar surface area (TPSA) is 182 Å². The molecule has 1 atom stereocenters. The molecule has 43 heavy (non-hydrogen) atoms. The van der Waals surface area contributed by atoms with Gasteiger partial charge in [0.2, 0.25) is 5.91 Å². The van der Waals surface area contributed by atoms with E-state index in [-0.39, 0.29) is 11.9 Å². The predicted octanol–water partition coefficient (Wildman–Crippen LogP) is 1.60. The van der Waals surface area contributed by atoms with Crippen molar-refractivity contribution in [3.8, 4) is 0 Å². The van der Waals surface area contributed by atoms with Gasteiger partial charge in [-0.3, -0.25) is 24.2 Å². The van der Waals surface area contributed by atoms with E-state index in [0.29, 0.717) is 12.6 Å². The number of piperidine rings is 1. The van der Waals surface area contributed by atoms with Gasteiger partial charge in [0.1, 0.15) is 6.54 Å². The maximum absolute atomic E-state index is 12.4. The van der Waals surface area contributed by atoms with Gasteiger partial charge < -0.3 is 35.0 Å². The SMILES string of the molecule is CC(C)NC(=O)Cn1cc(CN2CCCCC2CN2CCOCC2)c2ccccc21.O=C(O)CC(O)(CC(=O)O)C(=O)O. The molecule has 2 aliphatic rings. The largest absolute Gasteiger partial charge is 0.481 e. The van der Waals surface area contributed by atoms with Crippen molar-refractivity contribution in [3.63, 3.8) is 0 Å². The molecule has 4 rings (SSSR count). The van der Waals surface area contributed by atoms with Gasteiger partial charge in [-0.2, -0.15) is 0 Å². The summed E-state index contributed by atoms with van der Waals surface area (Å²) in [4.78, 5) is 48.1. The van der Waals surface area contributed by atoms with Gasteiger partial charge in [-0.25, -0.2) is 4.79 Å². The third kappa shape index (κ3) is 10.3. The molecule has 2 aromatic rings. The highest BCUT2D eigenvalue weighted by Crippen LogP contribution is 2.27. The van der Waals surface area contributed by atoms with Crippen molar-refractivity contribution in [2.24, 2.45) is 0 Å². The Bertz CT molecular complexity index is 1240. The highest BCUT2D eigenvalue weighted by Gasteiger charge is 2.40. The zero-order chi connectivity index (χ0) is 31.6. The molecule has 238 valence electrons. The number of aliphatic hydroxyl groups is 1. The number of para-hydroxylation sites is 1. The fourth-order valence-corrected chi connectivity index (χ4v) is 5.59. The number of rotatable bonds is 12. The summed E-state index contributed by atoms with van der Waals surface area (Å²) in [7, 11) is 0. The molecule has 1 amide bonds. The number of aromatic nitrogens is 1. The highest BCUT2D eigenvalue weighted by atomic mass is 16.5. The first kappa shape index (κ1) is 34.0. The van der Waals surface area contributed by atoms with Crippen molar-refractivity contribution in [1.82, 2.24) is 19.7 Å². The summed E-state index contributed by atoms with van der Waals surface area (Å²) >= 11 is 0. The molecule has 1 unspecified atom stereocenters. The highest BCUT2D eigenvalue weighted by molar-refractivity contribution is 5.88. The number of ether oxygens (including phenoxy) is 1. The Morgan fingerprint density at radius 1 is 1.00 bits per heavy atom. The van der Waals surface area contributed by atoms with Crippen LogP contribution in [0.25, 0.3) is 10.9 Å². The number of hydrogen-bond donors (Lipinski definition) is 5. The molecule has 2 aliphatic heterocycles. The number of carboxylic acid groups (broad SMARTS) is 3. The van der Waals surface area contributed by atoms with Crippen LogP contribution in [0.4, 0.5) is 0 Å². The second-order valence-corrected chi connectivity index (χ2v) is 11.5. The fourth-order valence-electron chi connectivity index (χ4n) is 5.59. The molecule has 0 saturated carbocycles. The summed E-state index contributed by atoms with van der Waals surface area (Å²) in [6.07, 6.45) is 3.78. The Kier molecular flexibility index (Phi) is 12.5. The van der Waals surface area contributed by atoms with Crippen LogP contribution in [0.2, 0.25) is 0 Å². The van der Waals surface area contributed by atoms with Crippen molar-refractivity contribution < 1.29 is 44.3 Å². The van der Waals surface area contributed by atoms with Crippen LogP contribution < -0.4 is 5.32 Å². The smallest absolute Gasteiger partial charge is 0.336 e. The first-order valence-electron chi connectivity index (χ1n) is 14.7. The Morgan fingerprint density at radius 2 is 1.65 bits per heavy atom. The van der Waals surface area contributed by atoms with Crippen LogP contribution in [-0.2, 0) is 37.0 Å². The molecule has 1 aromatic heterocycles. The van der Waals surface area contributed by atoms with Crippen molar-refractivity contribution in [1.29, 1.82) is 0 Å². The van der Waals surface area contributed by atoms with Gasteiger partial charge in [-0.1, -0.05) is 24.6 Å². The Balaban J connectivity index is 0.000000331. The number of carbonyl (C=O) groups is 4. The van der Waals surface area contributed by atoms with E-state index >= 15 is 0 Å². The summed E-state index contributed by atoms with van der Waals surface area (Å²) in [5, 5.41) is 38.1. The summed E-state index contributed by atoms with van der Waals surface area (Å²) < 4.78 is 7.64. The first-order chi connectivity index (χ1) is 20.4. The van der Waals surface area contributed by atoms with Crippen LogP contribution in [0, 0.1) is 0 Å². The van der Waals surface area contributed by atoms with E-state index in [2.05, 4.69) is 50.1 Å². The molecular weight excluding hydrogens is 560 g/mol. The molecule has 0 aliphatic carbocycles. The Labute approximate surface area is 251 Å². The molecular formula is C30H44N4O9. The van der Waals surface area contributed by atoms with Gasteiger partial charge in [0.15, 0.2) is 5.60 Å². The number of carboxylic acids is 3. The van der Waals surface area contributed by atoms with Gasteiger partial charge in [0.25, 0.3) is 0 Å². The molecule has 1 aromatic carbocycles. The Morgan fingerprint density at radius 3 is 2.26 bits per heavy atom. The minimum absolute atomic E-state index is 0.0699. The second-order valence-electron chi connectivity index (χ2n) is 11.5. The van der Waals surface area contributed by atoms with Gasteiger partial charge >= 0.3 is 17.9 Å². The average molecular weight is 605 g/mol. The summed E-state index contributed by atoms with van der Waals surface area (Å²) in [6, 6.07) is 9.25. The van der Waals surface area contributed by atoms with E-state index in [9.17, 15) is 19.2 Å². The lowest BCUT2D eigenvalue weighted by Crippen LogP contribution is -2.49. The monoisotopic (exact) mass is 604 g/mol. The van der Waals surface area contributed by atoms with E-state index in [1.807, 2.05) is 13.8 Å². The van der Waals surface area contributed by atoms with Gasteiger partial charge in [-0.05, 0) is 44.9 Å². The van der Waals surface area contributed by atoms with E-state index < -0.39 is 36.4 Å². The second kappa shape index (κ2) is 15.8. The number of amides is 1. The van der Waals surface area contributed by atoms with Crippen molar-refractivity contribution >= 4 is 34.7 Å². The number of carbonyl (C=O) groups excluding carboxylic acids is 1. The Hall–Kier alpha value is -3.52. The number of fused-ring (bicyclic) bond motifs is 1. The minimum atomic E-state index is -2.74. The predicted molar refractivity (Wildman–Crippen MR) is 158 cm³/mol. The number of likely N-dealkylation sites (tertiary alicyclic amines) is 1. The normalized spacial score (nSPS) is 18.2. The van der Waals surface area contributed by atoms with Crippen molar-refractivity contribution in [2.45, 2.75) is 76.7 Å². The number of benzene rings is 1. The molecule has 0 spiro atoms. The summed E-state index contributed by atoms with van der Waals surface area (Å²) in [6.45, 7) is 11.4. The quantitative estimate of drug-likeness (QED) is 0.237. The number of nitrogens with one attached hydrogen (secondary N) is 1. The molecule has 13 heteroatoms. The van der Waals surface area contributed by atoms with Crippen LogP contribution in [0.3, 0.4) is 0 Å². The zero-order valence-corrected chi connectivity index (χ0v) is 24.9. The molecule has 0 bridgehead atoms. The maximum atomic E-state index is 12.4. The van der Waals surface area contributed by atoms with Gasteiger partial charge in [0.05, 0.1) is 26.1 Å².